The van der Waals surface area contributed by atoms with E-state index < -0.39 is 0 Å². The molecular formula is C15H18O. The second-order valence-corrected chi connectivity index (χ2v) is 3.99. The van der Waals surface area contributed by atoms with Crippen LogP contribution in [0.1, 0.15) is 16.7 Å². The SMILES string of the molecule is Cc1ccc(C)cc1.Cc1ccc(O)cc1. The predicted molar refractivity (Wildman–Crippen MR) is 68.8 cm³/mol. The van der Waals surface area contributed by atoms with Gasteiger partial charge in [0.1, 0.15) is 5.75 Å². The summed E-state index contributed by atoms with van der Waals surface area (Å²) in [7, 11) is 0. The van der Waals surface area contributed by atoms with Gasteiger partial charge in [0.05, 0.1) is 0 Å². The molecule has 0 unspecified atom stereocenters. The largest absolute Gasteiger partial charge is 0.508 e. The number of hydrogen-bond acceptors (Lipinski definition) is 1. The van der Waals surface area contributed by atoms with E-state index in [0.29, 0.717) is 5.75 Å². The minimum Gasteiger partial charge on any atom is -0.508 e. The molecule has 2 rings (SSSR count). The summed E-state index contributed by atoms with van der Waals surface area (Å²) in [6.07, 6.45) is 0. The van der Waals surface area contributed by atoms with Gasteiger partial charge < -0.3 is 5.11 Å². The van der Waals surface area contributed by atoms with Gasteiger partial charge >= 0.3 is 0 Å². The van der Waals surface area contributed by atoms with Crippen LogP contribution in [0.25, 0.3) is 0 Å². The summed E-state index contributed by atoms with van der Waals surface area (Å²) in [5, 5.41) is 8.76. The van der Waals surface area contributed by atoms with Crippen LogP contribution in [0.4, 0.5) is 0 Å². The monoisotopic (exact) mass is 214 g/mol. The van der Waals surface area contributed by atoms with Gasteiger partial charge in [-0.3, -0.25) is 0 Å². The maximum absolute atomic E-state index is 8.76. The zero-order valence-electron chi connectivity index (χ0n) is 10.1. The molecule has 0 fully saturated rings. The number of rotatable bonds is 0. The fourth-order valence-electron chi connectivity index (χ4n) is 1.18. The van der Waals surface area contributed by atoms with Gasteiger partial charge in [-0.15, -0.1) is 0 Å². The minimum atomic E-state index is 0.329. The summed E-state index contributed by atoms with van der Waals surface area (Å²) < 4.78 is 0. The van der Waals surface area contributed by atoms with Gasteiger partial charge in [-0.05, 0) is 32.9 Å². The zero-order valence-corrected chi connectivity index (χ0v) is 10.1. The van der Waals surface area contributed by atoms with Crippen LogP contribution in [0.2, 0.25) is 0 Å². The van der Waals surface area contributed by atoms with Crippen molar-refractivity contribution < 1.29 is 5.11 Å². The Kier molecular flexibility index (Phi) is 4.59. The van der Waals surface area contributed by atoms with Crippen LogP contribution in [0.3, 0.4) is 0 Å². The predicted octanol–water partition coefficient (Wildman–Crippen LogP) is 4.00. The van der Waals surface area contributed by atoms with E-state index in [1.807, 2.05) is 19.1 Å². The van der Waals surface area contributed by atoms with Crippen LogP contribution in [0.15, 0.2) is 48.5 Å². The molecule has 0 amide bonds. The van der Waals surface area contributed by atoms with Crippen LogP contribution in [0.5, 0.6) is 5.75 Å². The van der Waals surface area contributed by atoms with Crippen LogP contribution >= 0.6 is 0 Å². The second-order valence-electron chi connectivity index (χ2n) is 3.99. The van der Waals surface area contributed by atoms with Crippen molar-refractivity contribution in [3.8, 4) is 5.75 Å². The van der Waals surface area contributed by atoms with Gasteiger partial charge in [0.15, 0.2) is 0 Å². The molecule has 0 aliphatic heterocycles. The lowest BCUT2D eigenvalue weighted by molar-refractivity contribution is 0.475. The molecule has 0 saturated carbocycles. The summed E-state index contributed by atoms with van der Waals surface area (Å²) in [6, 6.07) is 15.6. The average Bonchev–Trinajstić information content (AvgIpc) is 2.28. The molecule has 16 heavy (non-hydrogen) atoms. The van der Waals surface area contributed by atoms with Crippen LogP contribution in [-0.2, 0) is 0 Å². The molecule has 0 radical (unpaired) electrons. The Morgan fingerprint density at radius 1 is 0.562 bits per heavy atom. The lowest BCUT2D eigenvalue weighted by Crippen LogP contribution is -1.70. The van der Waals surface area contributed by atoms with Crippen molar-refractivity contribution in [1.29, 1.82) is 0 Å². The molecule has 0 aliphatic rings. The van der Waals surface area contributed by atoms with Crippen LogP contribution < -0.4 is 0 Å². The molecule has 0 heterocycles. The Bertz CT molecular complexity index is 327. The van der Waals surface area contributed by atoms with Crippen LogP contribution in [-0.4, -0.2) is 5.11 Å². The Morgan fingerprint density at radius 2 is 0.812 bits per heavy atom. The molecule has 0 spiro atoms. The van der Waals surface area contributed by atoms with E-state index in [-0.39, 0.29) is 0 Å². The van der Waals surface area contributed by atoms with Crippen molar-refractivity contribution in [2.24, 2.45) is 0 Å². The Hall–Kier alpha value is -1.76. The Labute approximate surface area is 97.4 Å². The van der Waals surface area contributed by atoms with Crippen molar-refractivity contribution in [2.75, 3.05) is 0 Å². The third kappa shape index (κ3) is 4.65. The van der Waals surface area contributed by atoms with Crippen molar-refractivity contribution in [2.45, 2.75) is 20.8 Å². The average molecular weight is 214 g/mol. The lowest BCUT2D eigenvalue weighted by atomic mass is 10.2. The van der Waals surface area contributed by atoms with Crippen molar-refractivity contribution in [1.82, 2.24) is 0 Å². The van der Waals surface area contributed by atoms with E-state index in [1.54, 1.807) is 12.1 Å². The standard InChI is InChI=1S/C8H10.C7H8O/c1-7-3-5-8(2)6-4-7;1-6-2-4-7(8)5-3-6/h3-6H,1-2H3;2-5,8H,1H3. The highest BCUT2D eigenvalue weighted by Gasteiger charge is 1.82. The summed E-state index contributed by atoms with van der Waals surface area (Å²) in [6.45, 7) is 6.18. The maximum Gasteiger partial charge on any atom is 0.115 e. The molecule has 1 nitrogen and oxygen atoms in total. The molecular weight excluding hydrogens is 196 g/mol. The minimum absolute atomic E-state index is 0.329. The quantitative estimate of drug-likeness (QED) is 0.702. The first-order valence-corrected chi connectivity index (χ1v) is 5.37. The molecule has 2 aromatic rings. The topological polar surface area (TPSA) is 20.2 Å². The molecule has 0 aliphatic carbocycles. The summed E-state index contributed by atoms with van der Waals surface area (Å²) in [4.78, 5) is 0. The molecule has 0 saturated heterocycles. The molecule has 1 heteroatoms. The van der Waals surface area contributed by atoms with E-state index in [1.165, 1.54) is 16.7 Å². The number of benzene rings is 2. The van der Waals surface area contributed by atoms with E-state index in [0.717, 1.165) is 0 Å². The van der Waals surface area contributed by atoms with Gasteiger partial charge in [-0.1, -0.05) is 53.1 Å². The Morgan fingerprint density at radius 3 is 1.06 bits per heavy atom. The van der Waals surface area contributed by atoms with Gasteiger partial charge in [-0.2, -0.15) is 0 Å². The molecule has 1 N–H and O–H groups in total. The van der Waals surface area contributed by atoms with Gasteiger partial charge in [0.2, 0.25) is 0 Å². The van der Waals surface area contributed by atoms with E-state index >= 15 is 0 Å². The van der Waals surface area contributed by atoms with Gasteiger partial charge in [0, 0.05) is 0 Å². The van der Waals surface area contributed by atoms with Gasteiger partial charge in [-0.25, -0.2) is 0 Å². The highest BCUT2D eigenvalue weighted by molar-refractivity contribution is 5.24. The van der Waals surface area contributed by atoms with Crippen molar-refractivity contribution in [3.05, 3.63) is 65.2 Å². The highest BCUT2D eigenvalue weighted by atomic mass is 16.3. The summed E-state index contributed by atoms with van der Waals surface area (Å²) >= 11 is 0. The normalized spacial score (nSPS) is 9.19. The molecule has 84 valence electrons. The third-order valence-corrected chi connectivity index (χ3v) is 2.25. The van der Waals surface area contributed by atoms with E-state index in [2.05, 4.69) is 38.1 Å². The smallest absolute Gasteiger partial charge is 0.115 e. The van der Waals surface area contributed by atoms with Crippen molar-refractivity contribution in [3.63, 3.8) is 0 Å². The van der Waals surface area contributed by atoms with Gasteiger partial charge in [0.25, 0.3) is 0 Å². The molecule has 0 atom stereocenters. The highest BCUT2D eigenvalue weighted by Crippen LogP contribution is 2.07. The number of hydrogen-bond donors (Lipinski definition) is 1. The fraction of sp³-hybridized carbons (Fsp3) is 0.200. The number of phenolic OH excluding ortho intramolecular Hbond substituents is 1. The lowest BCUT2D eigenvalue weighted by Gasteiger charge is -1.90. The maximum atomic E-state index is 8.76. The number of phenols is 1. The first-order valence-electron chi connectivity index (χ1n) is 5.37. The molecule has 0 aromatic heterocycles. The summed E-state index contributed by atoms with van der Waals surface area (Å²) in [5.41, 5.74) is 3.83. The molecule has 2 aromatic carbocycles. The Balaban J connectivity index is 0.000000160. The number of aryl methyl sites for hydroxylation is 3. The van der Waals surface area contributed by atoms with E-state index in [4.69, 9.17) is 5.11 Å². The molecule has 0 bridgehead atoms. The first kappa shape index (κ1) is 12.3. The zero-order chi connectivity index (χ0) is 12.0. The van der Waals surface area contributed by atoms with Crippen LogP contribution in [0, 0.1) is 20.8 Å². The first-order chi connectivity index (χ1) is 7.58. The third-order valence-electron chi connectivity index (χ3n) is 2.25. The fourth-order valence-corrected chi connectivity index (χ4v) is 1.18. The summed E-state index contributed by atoms with van der Waals surface area (Å²) in [5.74, 6) is 0.329. The van der Waals surface area contributed by atoms with Crippen molar-refractivity contribution >= 4 is 0 Å². The number of aromatic hydroxyl groups is 1. The second kappa shape index (κ2) is 5.96. The van der Waals surface area contributed by atoms with E-state index in [9.17, 15) is 0 Å².